The molecule has 2 aliphatic carbocycles. The van der Waals surface area contributed by atoms with Crippen LogP contribution in [0.1, 0.15) is 68.6 Å². The minimum atomic E-state index is -0.713. The zero-order valence-corrected chi connectivity index (χ0v) is 15.2. The molecule has 1 amide bonds. The number of methoxy groups -OCH3 is 1. The summed E-state index contributed by atoms with van der Waals surface area (Å²) < 4.78 is 5.69. The van der Waals surface area contributed by atoms with Gasteiger partial charge in [0.05, 0.1) is 18.1 Å². The van der Waals surface area contributed by atoms with E-state index in [0.29, 0.717) is 6.42 Å². The number of likely N-dealkylation sites (tertiary alicyclic amines) is 1. The predicted octanol–water partition coefficient (Wildman–Crippen LogP) is 3.33. The third kappa shape index (κ3) is 3.00. The smallest absolute Gasteiger partial charge is 0.225 e. The lowest BCUT2D eigenvalue weighted by Gasteiger charge is -2.47. The number of piperidine rings is 1. The van der Waals surface area contributed by atoms with Crippen molar-refractivity contribution in [1.29, 1.82) is 0 Å². The number of amides is 1. The van der Waals surface area contributed by atoms with E-state index in [-0.39, 0.29) is 17.4 Å². The first-order valence-corrected chi connectivity index (χ1v) is 9.68. The van der Waals surface area contributed by atoms with Crippen LogP contribution in [0.2, 0.25) is 0 Å². The van der Waals surface area contributed by atoms with E-state index >= 15 is 0 Å². The molecule has 1 atom stereocenters. The molecular formula is C21H29NO3. The maximum atomic E-state index is 12.6. The number of hydrogen-bond acceptors (Lipinski definition) is 3. The maximum absolute atomic E-state index is 12.6. The van der Waals surface area contributed by atoms with Gasteiger partial charge in [-0.1, -0.05) is 24.3 Å². The van der Waals surface area contributed by atoms with Gasteiger partial charge in [-0.2, -0.15) is 0 Å². The Morgan fingerprint density at radius 1 is 1.20 bits per heavy atom. The molecule has 3 aliphatic rings. The lowest BCUT2D eigenvalue weighted by atomic mass is 9.64. The Kier molecular flexibility index (Phi) is 4.37. The summed E-state index contributed by atoms with van der Waals surface area (Å²) in [6, 6.07) is 8.69. The van der Waals surface area contributed by atoms with E-state index in [9.17, 15) is 9.90 Å². The third-order valence-electron chi connectivity index (χ3n) is 6.89. The standard InChI is InChI=1S/C21H29NO3/c1-25-18-7-10-20(17-6-3-2-5-16(17)18)11-13-22(14-12-20)19(23)15-21(24)8-4-9-21/h2-3,5-6,18,24H,4,7-15H2,1H3. The molecule has 1 N–H and O–H groups in total. The Hall–Kier alpha value is -1.39. The van der Waals surface area contributed by atoms with Crippen LogP contribution in [0, 0.1) is 0 Å². The van der Waals surface area contributed by atoms with Gasteiger partial charge in [-0.25, -0.2) is 0 Å². The molecule has 1 aromatic carbocycles. The second kappa shape index (κ2) is 6.40. The van der Waals surface area contributed by atoms with Crippen molar-refractivity contribution >= 4 is 5.91 Å². The highest BCUT2D eigenvalue weighted by Crippen LogP contribution is 2.49. The number of rotatable bonds is 3. The van der Waals surface area contributed by atoms with Gasteiger partial charge in [0, 0.05) is 20.2 Å². The average Bonchev–Trinajstić information content (AvgIpc) is 2.61. The van der Waals surface area contributed by atoms with Gasteiger partial charge in [0.15, 0.2) is 0 Å². The van der Waals surface area contributed by atoms with Gasteiger partial charge >= 0.3 is 0 Å². The Morgan fingerprint density at radius 3 is 2.56 bits per heavy atom. The van der Waals surface area contributed by atoms with Crippen molar-refractivity contribution in [2.45, 2.75) is 68.5 Å². The van der Waals surface area contributed by atoms with Gasteiger partial charge < -0.3 is 14.7 Å². The lowest BCUT2D eigenvalue weighted by molar-refractivity contribution is -0.142. The Labute approximate surface area is 150 Å². The van der Waals surface area contributed by atoms with Crippen molar-refractivity contribution in [1.82, 2.24) is 4.90 Å². The number of carbonyl (C=O) groups excluding carboxylic acids is 1. The molecule has 0 bridgehead atoms. The molecule has 4 rings (SSSR count). The third-order valence-corrected chi connectivity index (χ3v) is 6.89. The van der Waals surface area contributed by atoms with Crippen molar-refractivity contribution in [3.8, 4) is 0 Å². The van der Waals surface area contributed by atoms with E-state index in [1.807, 2.05) is 4.90 Å². The van der Waals surface area contributed by atoms with Crippen molar-refractivity contribution in [3.63, 3.8) is 0 Å². The van der Waals surface area contributed by atoms with Crippen LogP contribution in [0.25, 0.3) is 0 Å². The summed E-state index contributed by atoms with van der Waals surface area (Å²) in [6.45, 7) is 1.61. The molecule has 4 nitrogen and oxygen atoms in total. The monoisotopic (exact) mass is 343 g/mol. The number of hydrogen-bond donors (Lipinski definition) is 1. The molecular weight excluding hydrogens is 314 g/mol. The second-order valence-corrected chi connectivity index (χ2v) is 8.27. The molecule has 0 aromatic heterocycles. The highest BCUT2D eigenvalue weighted by Gasteiger charge is 2.44. The van der Waals surface area contributed by atoms with Crippen molar-refractivity contribution < 1.29 is 14.6 Å². The minimum Gasteiger partial charge on any atom is -0.389 e. The first-order chi connectivity index (χ1) is 12.1. The Balaban J connectivity index is 1.47. The van der Waals surface area contributed by atoms with Gasteiger partial charge in [0.25, 0.3) is 0 Å². The highest BCUT2D eigenvalue weighted by atomic mass is 16.5. The molecule has 1 heterocycles. The van der Waals surface area contributed by atoms with Crippen molar-refractivity contribution in [2.75, 3.05) is 20.2 Å². The molecule has 1 unspecified atom stereocenters. The number of nitrogens with zero attached hydrogens (tertiary/aromatic N) is 1. The topological polar surface area (TPSA) is 49.8 Å². The molecule has 1 saturated heterocycles. The van der Waals surface area contributed by atoms with E-state index < -0.39 is 5.60 Å². The molecule has 4 heteroatoms. The molecule has 1 aromatic rings. The van der Waals surface area contributed by atoms with Gasteiger partial charge in [-0.05, 0) is 61.5 Å². The van der Waals surface area contributed by atoms with E-state index in [4.69, 9.17) is 4.74 Å². The normalized spacial score (nSPS) is 26.8. The summed E-state index contributed by atoms with van der Waals surface area (Å²) in [6.07, 6.45) is 7.34. The fraction of sp³-hybridized carbons (Fsp3) is 0.667. The van der Waals surface area contributed by atoms with Gasteiger partial charge in [-0.3, -0.25) is 4.79 Å². The maximum Gasteiger partial charge on any atom is 0.225 e. The summed E-state index contributed by atoms with van der Waals surface area (Å²) in [5, 5.41) is 10.3. The molecule has 1 spiro atoms. The van der Waals surface area contributed by atoms with Crippen LogP contribution in [0.3, 0.4) is 0 Å². The molecule has 136 valence electrons. The van der Waals surface area contributed by atoms with Crippen molar-refractivity contribution in [2.24, 2.45) is 0 Å². The van der Waals surface area contributed by atoms with Crippen LogP contribution < -0.4 is 0 Å². The van der Waals surface area contributed by atoms with E-state index in [2.05, 4.69) is 24.3 Å². The van der Waals surface area contributed by atoms with Crippen LogP contribution in [0.15, 0.2) is 24.3 Å². The molecule has 1 aliphatic heterocycles. The largest absolute Gasteiger partial charge is 0.389 e. The van der Waals surface area contributed by atoms with Gasteiger partial charge in [0.1, 0.15) is 0 Å². The number of benzene rings is 1. The summed E-state index contributed by atoms with van der Waals surface area (Å²) in [5.41, 5.74) is 2.24. The number of fused-ring (bicyclic) bond motifs is 2. The first-order valence-electron chi connectivity index (χ1n) is 9.68. The summed E-state index contributed by atoms with van der Waals surface area (Å²) in [4.78, 5) is 14.5. The fourth-order valence-electron chi connectivity index (χ4n) is 5.06. The number of carbonyl (C=O) groups is 1. The molecule has 1 saturated carbocycles. The summed E-state index contributed by atoms with van der Waals surface area (Å²) in [7, 11) is 1.80. The lowest BCUT2D eigenvalue weighted by Crippen LogP contribution is -2.49. The summed E-state index contributed by atoms with van der Waals surface area (Å²) in [5.74, 6) is 0.135. The summed E-state index contributed by atoms with van der Waals surface area (Å²) >= 11 is 0. The van der Waals surface area contributed by atoms with Crippen molar-refractivity contribution in [3.05, 3.63) is 35.4 Å². The fourth-order valence-corrected chi connectivity index (χ4v) is 5.06. The van der Waals surface area contributed by atoms with Gasteiger partial charge in [0.2, 0.25) is 5.91 Å². The SMILES string of the molecule is COC1CCC2(CCN(C(=O)CC3(O)CCC3)CC2)c2ccccc21. The molecule has 25 heavy (non-hydrogen) atoms. The average molecular weight is 343 g/mol. The van der Waals surface area contributed by atoms with Crippen LogP contribution in [0.4, 0.5) is 0 Å². The number of aliphatic hydroxyl groups is 1. The van der Waals surface area contributed by atoms with Crippen LogP contribution >= 0.6 is 0 Å². The van der Waals surface area contributed by atoms with Crippen LogP contribution in [0.5, 0.6) is 0 Å². The second-order valence-electron chi connectivity index (χ2n) is 8.27. The molecule has 0 radical (unpaired) electrons. The minimum absolute atomic E-state index is 0.135. The van der Waals surface area contributed by atoms with E-state index in [0.717, 1.165) is 58.0 Å². The van der Waals surface area contributed by atoms with Gasteiger partial charge in [-0.15, -0.1) is 0 Å². The van der Waals surface area contributed by atoms with Crippen LogP contribution in [-0.4, -0.2) is 41.7 Å². The zero-order valence-electron chi connectivity index (χ0n) is 15.2. The quantitative estimate of drug-likeness (QED) is 0.916. The Morgan fingerprint density at radius 2 is 1.92 bits per heavy atom. The Bertz CT molecular complexity index is 644. The van der Waals surface area contributed by atoms with E-state index in [1.165, 1.54) is 11.1 Å². The van der Waals surface area contributed by atoms with E-state index in [1.54, 1.807) is 7.11 Å². The highest BCUT2D eigenvalue weighted by molar-refractivity contribution is 5.77. The number of ether oxygens (including phenoxy) is 1. The van der Waals surface area contributed by atoms with Crippen LogP contribution in [-0.2, 0) is 14.9 Å². The molecule has 2 fully saturated rings. The first kappa shape index (κ1) is 17.0. The zero-order chi connectivity index (χ0) is 17.5. The predicted molar refractivity (Wildman–Crippen MR) is 96.3 cm³/mol.